The van der Waals surface area contributed by atoms with Gasteiger partial charge in [0, 0.05) is 50.7 Å². The summed E-state index contributed by atoms with van der Waals surface area (Å²) < 4.78 is 24.0. The Morgan fingerprint density at radius 3 is 2.68 bits per heavy atom. The fourth-order valence-corrected chi connectivity index (χ4v) is 6.32. The quantitative estimate of drug-likeness (QED) is 0.379. The Balaban J connectivity index is 1.60. The summed E-state index contributed by atoms with van der Waals surface area (Å²) in [6, 6.07) is 7.38. The van der Waals surface area contributed by atoms with Crippen LogP contribution in [0.15, 0.2) is 35.9 Å². The molecule has 0 saturated carbocycles. The largest absolute Gasteiger partial charge is 0.497 e. The number of rotatable bonds is 5. The second-order valence-electron chi connectivity index (χ2n) is 10.1. The van der Waals surface area contributed by atoms with Gasteiger partial charge in [0.2, 0.25) is 0 Å². The maximum atomic E-state index is 13.0. The minimum Gasteiger partial charge on any atom is -0.497 e. The van der Waals surface area contributed by atoms with Crippen molar-refractivity contribution in [1.82, 2.24) is 4.90 Å². The summed E-state index contributed by atoms with van der Waals surface area (Å²) in [5, 5.41) is -0.0129. The van der Waals surface area contributed by atoms with E-state index in [-0.39, 0.29) is 35.4 Å². The van der Waals surface area contributed by atoms with Crippen molar-refractivity contribution in [3.05, 3.63) is 41.5 Å². The zero-order valence-corrected chi connectivity index (χ0v) is 23.0. The molecule has 1 aromatic rings. The zero-order chi connectivity index (χ0) is 26.4. The van der Waals surface area contributed by atoms with E-state index in [9.17, 15) is 9.59 Å². The van der Waals surface area contributed by atoms with E-state index in [1.165, 1.54) is 11.8 Å². The van der Waals surface area contributed by atoms with Gasteiger partial charge in [-0.15, -0.1) is 11.8 Å². The predicted molar refractivity (Wildman–Crippen MR) is 143 cm³/mol. The molecule has 2 fully saturated rings. The lowest BCUT2D eigenvalue weighted by Crippen LogP contribution is -2.60. The first-order valence-corrected chi connectivity index (χ1v) is 14.0. The van der Waals surface area contributed by atoms with Gasteiger partial charge in [-0.2, -0.15) is 0 Å². The summed E-state index contributed by atoms with van der Waals surface area (Å²) in [6.07, 6.45) is 5.11. The van der Waals surface area contributed by atoms with Gasteiger partial charge in [-0.05, 0) is 43.9 Å². The molecule has 0 radical (unpaired) electrons. The first-order valence-electron chi connectivity index (χ1n) is 13.0. The Morgan fingerprint density at radius 1 is 1.16 bits per heavy atom. The molecular formula is C29H37NO6S. The number of allylic oxidation sites excluding steroid dienone is 1. The molecule has 4 rings (SSSR count). The normalized spacial score (nSPS) is 32.4. The number of amides is 1. The van der Waals surface area contributed by atoms with Crippen LogP contribution < -0.4 is 4.74 Å². The summed E-state index contributed by atoms with van der Waals surface area (Å²) in [5.74, 6) is 6.69. The van der Waals surface area contributed by atoms with Gasteiger partial charge >= 0.3 is 5.97 Å². The molecule has 0 spiro atoms. The first kappa shape index (κ1) is 27.6. The van der Waals surface area contributed by atoms with Crippen molar-refractivity contribution < 1.29 is 28.5 Å². The number of benzene rings is 1. The molecule has 3 aliphatic heterocycles. The highest BCUT2D eigenvalue weighted by Crippen LogP contribution is 2.43. The Kier molecular flexibility index (Phi) is 9.22. The summed E-state index contributed by atoms with van der Waals surface area (Å²) in [4.78, 5) is 27.6. The van der Waals surface area contributed by atoms with Crippen LogP contribution in [0.1, 0.15) is 57.9 Å². The van der Waals surface area contributed by atoms with Crippen LogP contribution in [0.3, 0.4) is 0 Å². The van der Waals surface area contributed by atoms with E-state index in [1.54, 1.807) is 20.3 Å². The fraction of sp³-hybridized carbons (Fsp3) is 0.586. The Morgan fingerprint density at radius 2 is 1.95 bits per heavy atom. The summed E-state index contributed by atoms with van der Waals surface area (Å²) in [6.45, 7) is 4.50. The molecule has 2 bridgehead atoms. The number of thioether (sulfide) groups is 1. The van der Waals surface area contributed by atoms with Gasteiger partial charge in [0.25, 0.3) is 5.24 Å². The van der Waals surface area contributed by atoms with Crippen molar-refractivity contribution >= 4 is 23.0 Å². The van der Waals surface area contributed by atoms with Crippen molar-refractivity contribution in [2.75, 3.05) is 20.0 Å². The number of hydrogen-bond donors (Lipinski definition) is 0. The Hall–Kier alpha value is -2.47. The van der Waals surface area contributed by atoms with Crippen LogP contribution >= 0.6 is 11.8 Å². The molecule has 0 N–H and O–H groups in total. The third kappa shape index (κ3) is 6.90. The molecule has 5 atom stereocenters. The van der Waals surface area contributed by atoms with E-state index in [1.807, 2.05) is 36.1 Å². The highest BCUT2D eigenvalue weighted by Gasteiger charge is 2.54. The average molecular weight is 528 g/mol. The maximum absolute atomic E-state index is 13.0. The number of esters is 1. The van der Waals surface area contributed by atoms with Crippen molar-refractivity contribution in [3.63, 3.8) is 0 Å². The van der Waals surface area contributed by atoms with Crippen molar-refractivity contribution in [2.24, 2.45) is 5.92 Å². The summed E-state index contributed by atoms with van der Waals surface area (Å²) in [5.41, 5.74) is 1.94. The number of carbonyl (C=O) groups is 2. The molecule has 3 aliphatic rings. The number of hydrogen-bond acceptors (Lipinski definition) is 7. The van der Waals surface area contributed by atoms with Crippen LogP contribution in [0.5, 0.6) is 5.75 Å². The molecule has 2 saturated heterocycles. The van der Waals surface area contributed by atoms with Crippen molar-refractivity contribution in [3.8, 4) is 17.6 Å². The van der Waals surface area contributed by atoms with E-state index in [0.29, 0.717) is 25.1 Å². The average Bonchev–Trinajstić information content (AvgIpc) is 3.25. The minimum atomic E-state index is -1.08. The molecule has 0 aliphatic carbocycles. The van der Waals surface area contributed by atoms with Gasteiger partial charge < -0.3 is 23.8 Å². The molecule has 0 unspecified atom stereocenters. The van der Waals surface area contributed by atoms with E-state index in [4.69, 9.17) is 18.9 Å². The highest BCUT2D eigenvalue weighted by molar-refractivity contribution is 8.13. The number of nitrogens with zero attached hydrogens (tertiary/aromatic N) is 1. The van der Waals surface area contributed by atoms with E-state index >= 15 is 0 Å². The molecule has 7 nitrogen and oxygen atoms in total. The topological polar surface area (TPSA) is 74.3 Å². The van der Waals surface area contributed by atoms with Crippen LogP contribution in [-0.4, -0.2) is 60.1 Å². The molecule has 3 heterocycles. The second kappa shape index (κ2) is 12.4. The Labute approximate surface area is 224 Å². The number of fused-ring (bicyclic) bond motifs is 2. The standard InChI is InChI=1S/C29H37NO6S/c1-20-7-5-6-8-21(2)15-27(31)35-25-16-24(12-9-20)36-29(17-25,34-4)26-19-37-28(32)30(26)18-22-10-13-23(33-3)14-11-22/h10-11,13-15,20,24-26H,6,8-9,12,16-19H2,1-4H3/b21-15-/t20-,24-,25-,26+,29-/m1/s1. The third-order valence-electron chi connectivity index (χ3n) is 7.31. The monoisotopic (exact) mass is 527 g/mol. The molecule has 8 heteroatoms. The summed E-state index contributed by atoms with van der Waals surface area (Å²) >= 11 is 1.27. The molecule has 0 aromatic heterocycles. The third-order valence-corrected chi connectivity index (χ3v) is 8.27. The first-order chi connectivity index (χ1) is 17.8. The van der Waals surface area contributed by atoms with Gasteiger partial charge in [-0.25, -0.2) is 4.79 Å². The van der Waals surface area contributed by atoms with Gasteiger partial charge in [-0.1, -0.05) is 36.4 Å². The minimum absolute atomic E-state index is 0.0129. The van der Waals surface area contributed by atoms with Gasteiger partial charge in [0.1, 0.15) is 11.9 Å². The van der Waals surface area contributed by atoms with Crippen LogP contribution in [0.4, 0.5) is 4.79 Å². The van der Waals surface area contributed by atoms with E-state index in [2.05, 4.69) is 18.8 Å². The van der Waals surface area contributed by atoms with Crippen LogP contribution in [0, 0.1) is 17.8 Å². The molecule has 1 amide bonds. The SMILES string of the molecule is COc1ccc(CN2C(=O)SC[C@H]2[C@@]2(OC)C[C@H]3C[C@@H](CC[C@H](C)C#CCC/C(C)=C\C(=O)O3)O2)cc1. The lowest BCUT2D eigenvalue weighted by Gasteiger charge is -2.48. The van der Waals surface area contributed by atoms with Gasteiger partial charge in [0.15, 0.2) is 5.79 Å². The smallest absolute Gasteiger partial charge is 0.330 e. The Bertz CT molecular complexity index is 1060. The second-order valence-corrected chi connectivity index (χ2v) is 11.1. The van der Waals surface area contributed by atoms with Crippen molar-refractivity contribution in [1.29, 1.82) is 0 Å². The van der Waals surface area contributed by atoms with E-state index < -0.39 is 5.79 Å². The van der Waals surface area contributed by atoms with Gasteiger partial charge in [0.05, 0.1) is 19.3 Å². The fourth-order valence-electron chi connectivity index (χ4n) is 5.22. The predicted octanol–water partition coefficient (Wildman–Crippen LogP) is 5.33. The van der Waals surface area contributed by atoms with Crippen LogP contribution in [0.2, 0.25) is 0 Å². The zero-order valence-electron chi connectivity index (χ0n) is 22.2. The number of carbonyl (C=O) groups excluding carboxylic acids is 2. The maximum Gasteiger partial charge on any atom is 0.330 e. The van der Waals surface area contributed by atoms with Crippen molar-refractivity contribution in [2.45, 2.75) is 83.0 Å². The molecule has 37 heavy (non-hydrogen) atoms. The molecule has 1 aromatic carbocycles. The van der Waals surface area contributed by atoms with Gasteiger partial charge in [-0.3, -0.25) is 4.79 Å². The number of methoxy groups -OCH3 is 2. The van der Waals surface area contributed by atoms with Crippen LogP contribution in [-0.2, 0) is 25.5 Å². The van der Waals surface area contributed by atoms with E-state index in [0.717, 1.165) is 42.6 Å². The lowest BCUT2D eigenvalue weighted by atomic mass is 9.89. The molecule has 200 valence electrons. The number of ether oxygens (including phenoxy) is 4. The van der Waals surface area contributed by atoms with Crippen LogP contribution in [0.25, 0.3) is 0 Å². The summed E-state index contributed by atoms with van der Waals surface area (Å²) in [7, 11) is 3.25. The molecular weight excluding hydrogens is 490 g/mol. The lowest BCUT2D eigenvalue weighted by molar-refractivity contribution is -0.305. The highest BCUT2D eigenvalue weighted by atomic mass is 32.2.